The molecule has 0 aromatic heterocycles. The smallest absolute Gasteiger partial charge is 0.240 e. The fourth-order valence-corrected chi connectivity index (χ4v) is 8.09. The maximum Gasteiger partial charge on any atom is 0.240 e. The number of likely N-dealkylation sites (N-methyl/N-ethyl adjacent to an activating group) is 1. The highest BCUT2D eigenvalue weighted by atomic mass is 35.5. The Labute approximate surface area is 280 Å². The van der Waals surface area contributed by atoms with Crippen LogP contribution in [0.2, 0.25) is 10.0 Å². The van der Waals surface area contributed by atoms with Gasteiger partial charge < -0.3 is 15.3 Å². The van der Waals surface area contributed by atoms with Crippen LogP contribution >= 0.6 is 23.2 Å². The third kappa shape index (κ3) is 5.41. The molecule has 6 atom stereocenters. The van der Waals surface area contributed by atoms with Crippen molar-refractivity contribution in [3.63, 3.8) is 0 Å². The zero-order valence-corrected chi connectivity index (χ0v) is 27.9. The number of nitrogens with zero attached hydrogens (tertiary/aromatic N) is 2. The molecule has 8 heteroatoms. The van der Waals surface area contributed by atoms with Gasteiger partial charge in [-0.2, -0.15) is 0 Å². The summed E-state index contributed by atoms with van der Waals surface area (Å²) < 4.78 is 0. The van der Waals surface area contributed by atoms with Crippen LogP contribution in [0, 0.1) is 5.92 Å². The second kappa shape index (κ2) is 12.8. The Morgan fingerprint density at radius 3 is 2.07 bits per heavy atom. The topological polar surface area (TPSA) is 72.9 Å². The number of carbonyl (C=O) groups is 2. The largest absolute Gasteiger partial charge is 0.386 e. The molecule has 1 spiro atoms. The standard InChI is InChI=1S/C38H39Cl2N3O3/c1-23(2)21-31-38(29-20-19-28(40)22-30(29)41-37(38)46)32(24-15-17-27(39)18-16-24)34(36(45)42(3)4)43(31)33(25-11-7-5-8-12-25)35(44)26-13-9-6-10-14-26/h5-20,22-23,31-35,44H,21H2,1-4H3,(H,41,46)/t31-,32+,33-,34-,35+,38+/m1/s1. The van der Waals surface area contributed by atoms with Crippen molar-refractivity contribution in [1.29, 1.82) is 0 Å². The number of fused-ring (bicyclic) bond motifs is 2. The van der Waals surface area contributed by atoms with Crippen LogP contribution in [-0.4, -0.2) is 52.9 Å². The normalized spacial score (nSPS) is 23.7. The molecule has 1 fully saturated rings. The number of hydrogen-bond donors (Lipinski definition) is 2. The zero-order valence-electron chi connectivity index (χ0n) is 26.4. The molecule has 238 valence electrons. The molecule has 2 heterocycles. The van der Waals surface area contributed by atoms with Crippen LogP contribution in [-0.2, 0) is 15.0 Å². The van der Waals surface area contributed by atoms with Gasteiger partial charge in [0.2, 0.25) is 11.8 Å². The van der Waals surface area contributed by atoms with Crippen LogP contribution in [0.1, 0.15) is 60.6 Å². The van der Waals surface area contributed by atoms with E-state index in [2.05, 4.69) is 24.1 Å². The Bertz CT molecular complexity index is 1710. The summed E-state index contributed by atoms with van der Waals surface area (Å²) in [6.07, 6.45) is -0.423. The Balaban J connectivity index is 1.72. The van der Waals surface area contributed by atoms with Gasteiger partial charge in [-0.25, -0.2) is 0 Å². The van der Waals surface area contributed by atoms with Gasteiger partial charge in [0.25, 0.3) is 0 Å². The highest BCUT2D eigenvalue weighted by Gasteiger charge is 2.70. The third-order valence-electron chi connectivity index (χ3n) is 9.58. The molecule has 6 nitrogen and oxygen atoms in total. The Kier molecular flexibility index (Phi) is 9.01. The van der Waals surface area contributed by atoms with Gasteiger partial charge in [-0.15, -0.1) is 0 Å². The maximum atomic E-state index is 14.9. The lowest BCUT2D eigenvalue weighted by Crippen LogP contribution is -2.52. The molecule has 2 N–H and O–H groups in total. The first-order valence-electron chi connectivity index (χ1n) is 15.7. The third-order valence-corrected chi connectivity index (χ3v) is 10.1. The molecule has 2 aliphatic rings. The van der Waals surface area contributed by atoms with E-state index in [1.54, 1.807) is 25.1 Å². The number of anilines is 1. The predicted octanol–water partition coefficient (Wildman–Crippen LogP) is 7.63. The highest BCUT2D eigenvalue weighted by Crippen LogP contribution is 2.62. The number of rotatable bonds is 8. The van der Waals surface area contributed by atoms with Crippen LogP contribution in [0.5, 0.6) is 0 Å². The molecular weight excluding hydrogens is 617 g/mol. The van der Waals surface area contributed by atoms with Gasteiger partial charge in [0.15, 0.2) is 0 Å². The van der Waals surface area contributed by atoms with Crippen LogP contribution in [0.4, 0.5) is 5.69 Å². The van der Waals surface area contributed by atoms with Gasteiger partial charge in [-0.3, -0.25) is 14.5 Å². The number of carbonyl (C=O) groups excluding carboxylic acids is 2. The molecule has 46 heavy (non-hydrogen) atoms. The van der Waals surface area contributed by atoms with Gasteiger partial charge >= 0.3 is 0 Å². The minimum absolute atomic E-state index is 0.151. The van der Waals surface area contributed by atoms with E-state index in [1.807, 2.05) is 97.1 Å². The van der Waals surface area contributed by atoms with Crippen LogP contribution < -0.4 is 5.32 Å². The van der Waals surface area contributed by atoms with E-state index in [0.717, 1.165) is 22.3 Å². The molecule has 6 rings (SSSR count). The lowest BCUT2D eigenvalue weighted by atomic mass is 9.63. The molecule has 0 aliphatic carbocycles. The number of hydrogen-bond acceptors (Lipinski definition) is 4. The molecule has 1 saturated heterocycles. The lowest BCUT2D eigenvalue weighted by Gasteiger charge is -2.43. The minimum Gasteiger partial charge on any atom is -0.386 e. The molecule has 4 aromatic carbocycles. The molecule has 0 radical (unpaired) electrons. The van der Waals surface area contributed by atoms with Crippen molar-refractivity contribution in [2.45, 2.75) is 55.8 Å². The van der Waals surface area contributed by atoms with Crippen molar-refractivity contribution < 1.29 is 14.7 Å². The van der Waals surface area contributed by atoms with E-state index in [4.69, 9.17) is 23.2 Å². The first-order valence-corrected chi connectivity index (χ1v) is 16.4. The monoisotopic (exact) mass is 655 g/mol. The van der Waals surface area contributed by atoms with Crippen LogP contribution in [0.25, 0.3) is 0 Å². The molecule has 0 bridgehead atoms. The van der Waals surface area contributed by atoms with Crippen molar-refractivity contribution in [1.82, 2.24) is 9.80 Å². The maximum absolute atomic E-state index is 14.9. The molecule has 0 saturated carbocycles. The number of nitrogens with one attached hydrogen (secondary N) is 1. The fraction of sp³-hybridized carbons (Fsp3) is 0.316. The molecule has 4 aromatic rings. The summed E-state index contributed by atoms with van der Waals surface area (Å²) in [5, 5.41) is 16.6. The first kappa shape index (κ1) is 32.3. The predicted molar refractivity (Wildman–Crippen MR) is 184 cm³/mol. The number of amides is 2. The van der Waals surface area contributed by atoms with E-state index in [9.17, 15) is 14.7 Å². The number of likely N-dealkylation sites (tertiary alicyclic amines) is 1. The molecule has 2 aliphatic heterocycles. The summed E-state index contributed by atoms with van der Waals surface area (Å²) in [5.74, 6) is -0.810. The summed E-state index contributed by atoms with van der Waals surface area (Å²) >= 11 is 12.9. The summed E-state index contributed by atoms with van der Waals surface area (Å²) in [7, 11) is 3.49. The average Bonchev–Trinajstić information content (AvgIpc) is 3.48. The molecule has 0 unspecified atom stereocenters. The minimum atomic E-state index is -1.20. The SMILES string of the molecule is CC(C)C[C@H]1N([C@H](c2ccccc2)[C@@H](O)c2ccccc2)[C@@H](C(=O)N(C)C)[C@H](c2ccc(Cl)cc2)[C@@]12C(=O)Nc1cc(Cl)ccc12. The van der Waals surface area contributed by atoms with E-state index in [-0.39, 0.29) is 17.7 Å². The van der Waals surface area contributed by atoms with Crippen molar-refractivity contribution >= 4 is 40.7 Å². The number of aliphatic hydroxyl groups is 1. The van der Waals surface area contributed by atoms with E-state index in [1.165, 1.54) is 0 Å². The lowest BCUT2D eigenvalue weighted by molar-refractivity contribution is -0.136. The summed E-state index contributed by atoms with van der Waals surface area (Å²) in [5.41, 5.74) is 2.64. The fourth-order valence-electron chi connectivity index (χ4n) is 7.80. The Hall–Kier alpha value is -3.68. The quantitative estimate of drug-likeness (QED) is 0.205. The Morgan fingerprint density at radius 2 is 1.48 bits per heavy atom. The van der Waals surface area contributed by atoms with Crippen LogP contribution in [0.3, 0.4) is 0 Å². The van der Waals surface area contributed by atoms with Gasteiger partial charge in [0.1, 0.15) is 5.41 Å². The summed E-state index contributed by atoms with van der Waals surface area (Å²) in [6, 6.07) is 30.4. The molecular formula is C38H39Cl2N3O3. The van der Waals surface area contributed by atoms with Crippen molar-refractivity contribution in [2.24, 2.45) is 5.92 Å². The van der Waals surface area contributed by atoms with Gasteiger partial charge in [-0.1, -0.05) is 116 Å². The van der Waals surface area contributed by atoms with Crippen LogP contribution in [0.15, 0.2) is 103 Å². The Morgan fingerprint density at radius 1 is 0.891 bits per heavy atom. The van der Waals surface area contributed by atoms with E-state index >= 15 is 0 Å². The summed E-state index contributed by atoms with van der Waals surface area (Å²) in [4.78, 5) is 33.4. The van der Waals surface area contributed by atoms with Gasteiger partial charge in [0, 0.05) is 41.8 Å². The van der Waals surface area contributed by atoms with Gasteiger partial charge in [0.05, 0.1) is 18.2 Å². The summed E-state index contributed by atoms with van der Waals surface area (Å²) in [6.45, 7) is 4.26. The van der Waals surface area contributed by atoms with E-state index in [0.29, 0.717) is 22.2 Å². The van der Waals surface area contributed by atoms with Crippen molar-refractivity contribution in [3.05, 3.63) is 135 Å². The first-order chi connectivity index (χ1) is 22.0. The number of halogens is 2. The highest BCUT2D eigenvalue weighted by molar-refractivity contribution is 6.31. The van der Waals surface area contributed by atoms with Crippen molar-refractivity contribution in [3.8, 4) is 0 Å². The zero-order chi connectivity index (χ0) is 32.7. The molecule has 2 amide bonds. The number of aliphatic hydroxyl groups excluding tert-OH is 1. The van der Waals surface area contributed by atoms with Gasteiger partial charge in [-0.05, 0) is 58.9 Å². The second-order valence-corrected chi connectivity index (χ2v) is 13.9. The average molecular weight is 657 g/mol. The van der Waals surface area contributed by atoms with Crippen molar-refractivity contribution in [2.75, 3.05) is 19.4 Å². The second-order valence-electron chi connectivity index (χ2n) is 13.0. The number of benzene rings is 4. The van der Waals surface area contributed by atoms with E-state index < -0.39 is 35.6 Å².